The zero-order valence-electron chi connectivity index (χ0n) is 15.3. The van der Waals surface area contributed by atoms with Gasteiger partial charge in [-0.1, -0.05) is 11.6 Å². The van der Waals surface area contributed by atoms with E-state index in [-0.39, 0.29) is 17.6 Å². The highest BCUT2D eigenvalue weighted by Crippen LogP contribution is 2.53. The van der Waals surface area contributed by atoms with Crippen LogP contribution in [0.1, 0.15) is 70.4 Å². The van der Waals surface area contributed by atoms with E-state index >= 15 is 0 Å². The van der Waals surface area contributed by atoms with Crippen LogP contribution in [0.25, 0.3) is 0 Å². The number of phenolic OH excluding ortho intramolecular Hbond substituents is 1. The molecule has 0 saturated heterocycles. The van der Waals surface area contributed by atoms with E-state index in [1.165, 1.54) is 5.57 Å². The number of aliphatic hydroxyl groups excluding tert-OH is 1. The van der Waals surface area contributed by atoms with Crippen LogP contribution in [-0.4, -0.2) is 21.9 Å². The van der Waals surface area contributed by atoms with Crippen molar-refractivity contribution >= 4 is 0 Å². The summed E-state index contributed by atoms with van der Waals surface area (Å²) < 4.78 is 6.33. The predicted octanol–water partition coefficient (Wildman–Crippen LogP) is 4.71. The minimum Gasteiger partial charge on any atom is -0.507 e. The first-order valence-electron chi connectivity index (χ1n) is 9.18. The van der Waals surface area contributed by atoms with Gasteiger partial charge in [-0.25, -0.2) is 0 Å². The van der Waals surface area contributed by atoms with Crippen LogP contribution in [0.4, 0.5) is 0 Å². The lowest BCUT2D eigenvalue weighted by Gasteiger charge is -2.46. The van der Waals surface area contributed by atoms with Gasteiger partial charge in [-0.15, -0.1) is 0 Å². The number of aromatic hydroxyl groups is 1. The third-order valence-corrected chi connectivity index (χ3v) is 5.61. The molecule has 24 heavy (non-hydrogen) atoms. The Balaban J connectivity index is 1.94. The molecule has 1 aromatic rings. The molecule has 3 nitrogen and oxygen atoms in total. The van der Waals surface area contributed by atoms with E-state index in [0.717, 1.165) is 49.0 Å². The lowest BCUT2D eigenvalue weighted by Crippen LogP contribution is -2.45. The summed E-state index contributed by atoms with van der Waals surface area (Å²) >= 11 is 0. The van der Waals surface area contributed by atoms with Gasteiger partial charge in [0.05, 0.1) is 6.10 Å². The van der Waals surface area contributed by atoms with Crippen molar-refractivity contribution in [1.29, 1.82) is 0 Å². The van der Waals surface area contributed by atoms with Gasteiger partial charge in [0.25, 0.3) is 0 Å². The van der Waals surface area contributed by atoms with E-state index in [2.05, 4.69) is 32.9 Å². The third kappa shape index (κ3) is 3.32. The first kappa shape index (κ1) is 17.3. The average Bonchev–Trinajstić information content (AvgIpc) is 2.45. The summed E-state index contributed by atoms with van der Waals surface area (Å²) in [7, 11) is 0. The Morgan fingerprint density at radius 2 is 2.08 bits per heavy atom. The monoisotopic (exact) mass is 330 g/mol. The van der Waals surface area contributed by atoms with Gasteiger partial charge in [-0.2, -0.15) is 0 Å². The molecule has 1 heterocycles. The van der Waals surface area contributed by atoms with Crippen molar-refractivity contribution in [2.75, 3.05) is 0 Å². The molecule has 0 aromatic heterocycles. The van der Waals surface area contributed by atoms with E-state index in [1.54, 1.807) is 0 Å². The molecule has 1 aliphatic carbocycles. The molecule has 132 valence electrons. The van der Waals surface area contributed by atoms with Crippen LogP contribution in [0, 0.1) is 5.92 Å². The summed E-state index contributed by atoms with van der Waals surface area (Å²) in [4.78, 5) is 0. The van der Waals surface area contributed by atoms with Crippen molar-refractivity contribution in [2.24, 2.45) is 5.92 Å². The number of phenols is 1. The second-order valence-electron chi connectivity index (χ2n) is 8.16. The van der Waals surface area contributed by atoms with E-state index in [1.807, 2.05) is 13.0 Å². The Morgan fingerprint density at radius 3 is 2.79 bits per heavy atom. The SMILES string of the molecule is CC1=C[C@H]2c3c(O)cc(CCC[C@@H](C)O)cc3OC(C)(C)[C@@H]2CC1. The summed E-state index contributed by atoms with van der Waals surface area (Å²) in [6.07, 6.45) is 6.79. The lowest BCUT2D eigenvalue weighted by atomic mass is 9.68. The number of benzene rings is 1. The van der Waals surface area contributed by atoms with Gasteiger partial charge in [0.2, 0.25) is 0 Å². The molecule has 2 N–H and O–H groups in total. The fourth-order valence-corrected chi connectivity index (χ4v) is 4.33. The van der Waals surface area contributed by atoms with Crippen molar-refractivity contribution in [1.82, 2.24) is 0 Å². The second-order valence-corrected chi connectivity index (χ2v) is 8.16. The number of rotatable bonds is 4. The molecule has 0 bridgehead atoms. The topological polar surface area (TPSA) is 49.7 Å². The fraction of sp³-hybridized carbons (Fsp3) is 0.619. The highest BCUT2D eigenvalue weighted by molar-refractivity contribution is 5.53. The summed E-state index contributed by atoms with van der Waals surface area (Å²) in [6, 6.07) is 3.98. The summed E-state index contributed by atoms with van der Waals surface area (Å²) in [5.74, 6) is 1.83. The van der Waals surface area contributed by atoms with Crippen molar-refractivity contribution in [2.45, 2.75) is 77.4 Å². The fourth-order valence-electron chi connectivity index (χ4n) is 4.33. The zero-order valence-corrected chi connectivity index (χ0v) is 15.3. The molecule has 3 heteroatoms. The molecular formula is C21H30O3. The van der Waals surface area contributed by atoms with Crippen molar-refractivity contribution in [3.63, 3.8) is 0 Å². The minimum absolute atomic E-state index is 0.223. The number of allylic oxidation sites excluding steroid dienone is 2. The van der Waals surface area contributed by atoms with E-state index in [0.29, 0.717) is 11.7 Å². The average molecular weight is 330 g/mol. The van der Waals surface area contributed by atoms with E-state index < -0.39 is 0 Å². The van der Waals surface area contributed by atoms with Crippen LogP contribution in [-0.2, 0) is 6.42 Å². The largest absolute Gasteiger partial charge is 0.507 e. The number of aryl methyl sites for hydroxylation is 1. The molecule has 3 atom stereocenters. The second kappa shape index (κ2) is 6.44. The first-order valence-corrected chi connectivity index (χ1v) is 9.18. The quantitative estimate of drug-likeness (QED) is 0.786. The van der Waals surface area contributed by atoms with Crippen molar-refractivity contribution in [3.05, 3.63) is 34.9 Å². The van der Waals surface area contributed by atoms with Crippen LogP contribution in [0.5, 0.6) is 11.5 Å². The van der Waals surface area contributed by atoms with Crippen LogP contribution in [0.15, 0.2) is 23.8 Å². The van der Waals surface area contributed by atoms with Gasteiger partial charge in [0, 0.05) is 17.4 Å². The molecule has 0 amide bonds. The molecule has 0 radical (unpaired) electrons. The molecule has 1 aromatic carbocycles. The number of hydrogen-bond donors (Lipinski definition) is 2. The van der Waals surface area contributed by atoms with Crippen molar-refractivity contribution in [3.8, 4) is 11.5 Å². The molecule has 0 fully saturated rings. The Bertz CT molecular complexity index is 643. The Morgan fingerprint density at radius 1 is 1.33 bits per heavy atom. The Hall–Kier alpha value is -1.48. The van der Waals surface area contributed by atoms with Gasteiger partial charge in [0.15, 0.2) is 0 Å². The van der Waals surface area contributed by atoms with Gasteiger partial charge in [-0.05, 0) is 77.5 Å². The molecule has 1 aliphatic heterocycles. The molecule has 3 rings (SSSR count). The molecular weight excluding hydrogens is 300 g/mol. The molecule has 0 saturated carbocycles. The highest BCUT2D eigenvalue weighted by Gasteiger charge is 2.45. The maximum Gasteiger partial charge on any atom is 0.127 e. The maximum atomic E-state index is 10.7. The zero-order chi connectivity index (χ0) is 17.5. The van der Waals surface area contributed by atoms with Gasteiger partial charge < -0.3 is 14.9 Å². The lowest BCUT2D eigenvalue weighted by molar-refractivity contribution is 0.0107. The Labute approximate surface area is 145 Å². The first-order chi connectivity index (χ1) is 11.3. The predicted molar refractivity (Wildman–Crippen MR) is 96.7 cm³/mol. The van der Waals surface area contributed by atoms with Crippen LogP contribution in [0.2, 0.25) is 0 Å². The highest BCUT2D eigenvalue weighted by atomic mass is 16.5. The van der Waals surface area contributed by atoms with Crippen LogP contribution >= 0.6 is 0 Å². The molecule has 2 aliphatic rings. The molecule has 0 unspecified atom stereocenters. The van der Waals surface area contributed by atoms with Crippen LogP contribution < -0.4 is 4.74 Å². The standard InChI is InChI=1S/C21H30O3/c1-13-8-9-17-16(10-13)20-18(23)11-15(7-5-6-14(2)22)12-19(20)24-21(17,3)4/h10-12,14,16-17,22-23H,5-9H2,1-4H3/t14-,16-,17-/m1/s1. The molecule has 0 spiro atoms. The maximum absolute atomic E-state index is 10.7. The smallest absolute Gasteiger partial charge is 0.127 e. The van der Waals surface area contributed by atoms with E-state index in [4.69, 9.17) is 4.74 Å². The Kier molecular flexibility index (Phi) is 4.65. The summed E-state index contributed by atoms with van der Waals surface area (Å²) in [5.41, 5.74) is 3.22. The third-order valence-electron chi connectivity index (χ3n) is 5.61. The summed E-state index contributed by atoms with van der Waals surface area (Å²) in [5, 5.41) is 20.1. The normalized spacial score (nSPS) is 26.0. The number of hydrogen-bond acceptors (Lipinski definition) is 3. The summed E-state index contributed by atoms with van der Waals surface area (Å²) in [6.45, 7) is 8.33. The number of aliphatic hydroxyl groups is 1. The van der Waals surface area contributed by atoms with Crippen LogP contribution in [0.3, 0.4) is 0 Å². The van der Waals surface area contributed by atoms with Gasteiger partial charge in [-0.3, -0.25) is 0 Å². The van der Waals surface area contributed by atoms with E-state index in [9.17, 15) is 10.2 Å². The minimum atomic E-state index is -0.275. The number of ether oxygens (including phenoxy) is 1. The van der Waals surface area contributed by atoms with Gasteiger partial charge >= 0.3 is 0 Å². The van der Waals surface area contributed by atoms with Gasteiger partial charge in [0.1, 0.15) is 17.1 Å². The van der Waals surface area contributed by atoms with Crippen molar-refractivity contribution < 1.29 is 14.9 Å². The number of fused-ring (bicyclic) bond motifs is 3.